The summed E-state index contributed by atoms with van der Waals surface area (Å²) in [5, 5.41) is 10.8. The van der Waals surface area contributed by atoms with Crippen molar-refractivity contribution >= 4 is 5.69 Å². The number of rotatable bonds is 3. The monoisotopic (exact) mass is 244 g/mol. The maximum atomic E-state index is 5.71. The summed E-state index contributed by atoms with van der Waals surface area (Å²) in [6.45, 7) is 6.68. The highest BCUT2D eigenvalue weighted by Gasteiger charge is 2.28. The summed E-state index contributed by atoms with van der Waals surface area (Å²) >= 11 is 0. The zero-order chi connectivity index (χ0) is 13.2. The van der Waals surface area contributed by atoms with E-state index in [0.717, 1.165) is 17.8 Å². The Morgan fingerprint density at radius 2 is 1.89 bits per heavy atom. The van der Waals surface area contributed by atoms with Crippen molar-refractivity contribution in [3.05, 3.63) is 41.7 Å². The summed E-state index contributed by atoms with van der Waals surface area (Å²) < 4.78 is 0. The Morgan fingerprint density at radius 1 is 1.22 bits per heavy atom. The second kappa shape index (κ2) is 4.80. The van der Waals surface area contributed by atoms with Crippen molar-refractivity contribution in [1.29, 1.82) is 0 Å². The second-order valence-corrected chi connectivity index (χ2v) is 5.76. The van der Waals surface area contributed by atoms with Gasteiger partial charge in [-0.1, -0.05) is 32.9 Å². The zero-order valence-corrected chi connectivity index (χ0v) is 11.1. The van der Waals surface area contributed by atoms with Crippen LogP contribution in [-0.4, -0.2) is 15.4 Å². The summed E-state index contributed by atoms with van der Waals surface area (Å²) in [6, 6.07) is 8.04. The molecule has 3 N–H and O–H groups in total. The normalized spacial score (nSPS) is 13.5. The van der Waals surface area contributed by atoms with Gasteiger partial charge in [-0.15, -0.1) is 0 Å². The first-order valence-corrected chi connectivity index (χ1v) is 6.17. The van der Waals surface area contributed by atoms with E-state index in [9.17, 15) is 0 Å². The first kappa shape index (κ1) is 12.6. The SMILES string of the molecule is CC(C)(C)C(Cc1ccc(N)cc1)c1cn[nH]n1. The molecule has 0 aliphatic rings. The second-order valence-electron chi connectivity index (χ2n) is 5.76. The van der Waals surface area contributed by atoms with E-state index < -0.39 is 0 Å². The molecule has 1 atom stereocenters. The molecule has 4 nitrogen and oxygen atoms in total. The van der Waals surface area contributed by atoms with Crippen LogP contribution in [-0.2, 0) is 6.42 Å². The maximum absolute atomic E-state index is 5.71. The molecule has 4 heteroatoms. The van der Waals surface area contributed by atoms with E-state index in [1.54, 1.807) is 0 Å². The van der Waals surface area contributed by atoms with Crippen LogP contribution >= 0.6 is 0 Å². The average molecular weight is 244 g/mol. The van der Waals surface area contributed by atoms with Crippen molar-refractivity contribution < 1.29 is 0 Å². The first-order valence-electron chi connectivity index (χ1n) is 6.17. The summed E-state index contributed by atoms with van der Waals surface area (Å²) in [6.07, 6.45) is 2.75. The van der Waals surface area contributed by atoms with Crippen LogP contribution in [0, 0.1) is 5.41 Å². The molecule has 0 spiro atoms. The van der Waals surface area contributed by atoms with Crippen LogP contribution in [0.15, 0.2) is 30.5 Å². The highest BCUT2D eigenvalue weighted by Crippen LogP contribution is 2.36. The molecule has 0 radical (unpaired) electrons. The van der Waals surface area contributed by atoms with Crippen LogP contribution in [0.1, 0.15) is 37.9 Å². The lowest BCUT2D eigenvalue weighted by Gasteiger charge is -2.29. The van der Waals surface area contributed by atoms with Crippen molar-refractivity contribution in [3.8, 4) is 0 Å². The fourth-order valence-electron chi connectivity index (χ4n) is 2.12. The topological polar surface area (TPSA) is 67.6 Å². The van der Waals surface area contributed by atoms with Gasteiger partial charge in [-0.05, 0) is 29.5 Å². The van der Waals surface area contributed by atoms with Crippen LogP contribution in [0.3, 0.4) is 0 Å². The number of benzene rings is 1. The van der Waals surface area contributed by atoms with Gasteiger partial charge in [0.15, 0.2) is 0 Å². The average Bonchev–Trinajstić information content (AvgIpc) is 2.80. The number of hydrogen-bond acceptors (Lipinski definition) is 3. The minimum atomic E-state index is 0.137. The Morgan fingerprint density at radius 3 is 2.39 bits per heavy atom. The number of H-pyrrole nitrogens is 1. The molecule has 0 bridgehead atoms. The van der Waals surface area contributed by atoms with Crippen LogP contribution in [0.5, 0.6) is 0 Å². The minimum Gasteiger partial charge on any atom is -0.399 e. The Balaban J connectivity index is 2.24. The van der Waals surface area contributed by atoms with Gasteiger partial charge >= 0.3 is 0 Å². The van der Waals surface area contributed by atoms with Gasteiger partial charge in [0.25, 0.3) is 0 Å². The largest absolute Gasteiger partial charge is 0.399 e. The zero-order valence-electron chi connectivity index (χ0n) is 11.1. The van der Waals surface area contributed by atoms with Crippen molar-refractivity contribution in [1.82, 2.24) is 15.4 Å². The minimum absolute atomic E-state index is 0.137. The van der Waals surface area contributed by atoms with Gasteiger partial charge in [0, 0.05) is 11.6 Å². The van der Waals surface area contributed by atoms with Crippen LogP contribution in [0.4, 0.5) is 5.69 Å². The van der Waals surface area contributed by atoms with Gasteiger partial charge in [-0.3, -0.25) is 0 Å². The molecule has 0 aliphatic carbocycles. The molecule has 0 saturated carbocycles. The van der Waals surface area contributed by atoms with E-state index in [1.807, 2.05) is 18.3 Å². The predicted octanol–water partition coefficient (Wildman–Crippen LogP) is 2.76. The third kappa shape index (κ3) is 2.88. The molecule has 1 heterocycles. The molecule has 0 fully saturated rings. The summed E-state index contributed by atoms with van der Waals surface area (Å²) in [5.41, 5.74) is 8.93. The fraction of sp³-hybridized carbons (Fsp3) is 0.429. The predicted molar refractivity (Wildman–Crippen MR) is 73.1 cm³/mol. The van der Waals surface area contributed by atoms with Crippen LogP contribution < -0.4 is 5.73 Å². The molecule has 18 heavy (non-hydrogen) atoms. The van der Waals surface area contributed by atoms with Crippen molar-refractivity contribution in [2.24, 2.45) is 5.41 Å². The molecule has 96 valence electrons. The number of aromatic nitrogens is 3. The van der Waals surface area contributed by atoms with Gasteiger partial charge in [0.05, 0.1) is 11.9 Å². The van der Waals surface area contributed by atoms with Crippen LogP contribution in [0.25, 0.3) is 0 Å². The molecule has 2 rings (SSSR count). The van der Waals surface area contributed by atoms with E-state index in [4.69, 9.17) is 5.73 Å². The number of anilines is 1. The molecule has 1 aromatic heterocycles. The van der Waals surface area contributed by atoms with E-state index in [1.165, 1.54) is 5.56 Å². The Kier molecular flexibility index (Phi) is 3.36. The number of aromatic amines is 1. The smallest absolute Gasteiger partial charge is 0.0864 e. The standard InChI is InChI=1S/C14H20N4/c1-14(2,3)12(13-9-16-18-17-13)8-10-4-6-11(15)7-5-10/h4-7,9,12H,8,15H2,1-3H3,(H,16,17,18). The number of hydrogen-bond donors (Lipinski definition) is 2. The quantitative estimate of drug-likeness (QED) is 0.816. The number of nitrogens with one attached hydrogen (secondary N) is 1. The molecular formula is C14H20N4. The lowest BCUT2D eigenvalue weighted by atomic mass is 9.75. The van der Waals surface area contributed by atoms with Crippen molar-refractivity contribution in [2.45, 2.75) is 33.1 Å². The highest BCUT2D eigenvalue weighted by molar-refractivity contribution is 5.39. The van der Waals surface area contributed by atoms with Crippen molar-refractivity contribution in [3.63, 3.8) is 0 Å². The lowest BCUT2D eigenvalue weighted by Crippen LogP contribution is -2.21. The Bertz CT molecular complexity index is 480. The number of nitrogens with zero attached hydrogens (tertiary/aromatic N) is 2. The molecule has 2 aromatic rings. The van der Waals surface area contributed by atoms with E-state index in [2.05, 4.69) is 48.3 Å². The molecule has 1 unspecified atom stereocenters. The molecule has 1 aromatic carbocycles. The summed E-state index contributed by atoms with van der Waals surface area (Å²) in [4.78, 5) is 0. The van der Waals surface area contributed by atoms with Crippen molar-refractivity contribution in [2.75, 3.05) is 5.73 Å². The third-order valence-electron chi connectivity index (χ3n) is 3.26. The Labute approximate surface area is 108 Å². The molecule has 0 aliphatic heterocycles. The molecule has 0 saturated heterocycles. The maximum Gasteiger partial charge on any atom is 0.0864 e. The Hall–Kier alpha value is -1.84. The van der Waals surface area contributed by atoms with Gasteiger partial charge < -0.3 is 5.73 Å². The third-order valence-corrected chi connectivity index (χ3v) is 3.26. The van der Waals surface area contributed by atoms with E-state index >= 15 is 0 Å². The fourth-order valence-corrected chi connectivity index (χ4v) is 2.12. The van der Waals surface area contributed by atoms with Gasteiger partial charge in [-0.2, -0.15) is 15.4 Å². The highest BCUT2D eigenvalue weighted by atomic mass is 15.3. The van der Waals surface area contributed by atoms with Gasteiger partial charge in [0.1, 0.15) is 0 Å². The molecule has 0 amide bonds. The summed E-state index contributed by atoms with van der Waals surface area (Å²) in [7, 11) is 0. The van der Waals surface area contributed by atoms with E-state index in [-0.39, 0.29) is 5.41 Å². The first-order chi connectivity index (χ1) is 8.47. The van der Waals surface area contributed by atoms with E-state index in [0.29, 0.717) is 5.92 Å². The summed E-state index contributed by atoms with van der Waals surface area (Å²) in [5.74, 6) is 0.333. The van der Waals surface area contributed by atoms with Crippen LogP contribution in [0.2, 0.25) is 0 Å². The lowest BCUT2D eigenvalue weighted by molar-refractivity contribution is 0.312. The number of nitrogens with two attached hydrogens (primary N) is 1. The van der Waals surface area contributed by atoms with Gasteiger partial charge in [-0.25, -0.2) is 0 Å². The molecular weight excluding hydrogens is 224 g/mol. The van der Waals surface area contributed by atoms with Gasteiger partial charge in [0.2, 0.25) is 0 Å². The number of nitrogen functional groups attached to an aromatic ring is 1.